The standard InChI is InChI=1S/C77H67BN2/c1-73(2,3)47-32-30-45(31-33-47)68-65(54-35-34-48(74(4,5)6)39-55(54)44-22-14-13-15-23-44)58-38-46-24-16-17-25-51(46)66-71(58)79(68)64-37-36-61-72-67(64)78(66)63-43-50(76(10,11)12)41-57-56-40-49(75(7,8)9)42-62(69(56)80(72)70(57)63)77(61)59-28-20-18-26-52(59)53-27-19-21-29-60(53)77/h13-43H,1-12H3. The van der Waals surface area contributed by atoms with E-state index < -0.39 is 5.41 Å². The van der Waals surface area contributed by atoms with Crippen LogP contribution in [-0.2, 0) is 27.1 Å². The van der Waals surface area contributed by atoms with Gasteiger partial charge in [-0.05, 0) is 157 Å². The second-order valence-corrected chi connectivity index (χ2v) is 28.1. The Morgan fingerprint density at radius 2 is 0.938 bits per heavy atom. The molecule has 0 saturated heterocycles. The van der Waals surface area contributed by atoms with Gasteiger partial charge in [-0.25, -0.2) is 0 Å². The molecule has 1 aliphatic carbocycles. The van der Waals surface area contributed by atoms with E-state index in [0.29, 0.717) is 0 Å². The summed E-state index contributed by atoms with van der Waals surface area (Å²) in [7, 11) is 0. The molecule has 2 aromatic heterocycles. The number of hydrogen-bond acceptors (Lipinski definition) is 0. The lowest BCUT2D eigenvalue weighted by Crippen LogP contribution is -2.61. The van der Waals surface area contributed by atoms with Gasteiger partial charge in [0.2, 0.25) is 0 Å². The highest BCUT2D eigenvalue weighted by Gasteiger charge is 2.55. The third-order valence-corrected chi connectivity index (χ3v) is 19.3. The lowest BCUT2D eigenvalue weighted by molar-refractivity contribution is 0.588. The van der Waals surface area contributed by atoms with Crippen molar-refractivity contribution < 1.29 is 0 Å². The molecule has 3 aliphatic heterocycles. The Hall–Kier alpha value is -8.14. The Morgan fingerprint density at radius 1 is 0.350 bits per heavy atom. The smallest absolute Gasteiger partial charge is 0.253 e. The minimum atomic E-state index is -0.586. The summed E-state index contributed by atoms with van der Waals surface area (Å²) in [5.74, 6) is 0. The van der Waals surface area contributed by atoms with Gasteiger partial charge in [0.1, 0.15) is 0 Å². The van der Waals surface area contributed by atoms with Gasteiger partial charge in [-0.3, -0.25) is 0 Å². The number of hydrogen-bond donors (Lipinski definition) is 0. The molecule has 3 heteroatoms. The van der Waals surface area contributed by atoms with Crippen molar-refractivity contribution in [3.8, 4) is 56.0 Å². The average Bonchev–Trinajstić information content (AvgIpc) is 1.57. The number of nitrogens with zero attached hydrogens (tertiary/aromatic N) is 2. The number of fused-ring (bicyclic) bond motifs is 13. The summed E-state index contributed by atoms with van der Waals surface area (Å²) >= 11 is 0. The Labute approximate surface area is 471 Å². The van der Waals surface area contributed by atoms with Crippen molar-refractivity contribution in [2.45, 2.75) is 110 Å². The molecule has 1 spiro atoms. The summed E-state index contributed by atoms with van der Waals surface area (Å²) in [6.07, 6.45) is 0. The molecule has 0 amide bonds. The second-order valence-electron chi connectivity index (χ2n) is 28.1. The van der Waals surface area contributed by atoms with Crippen LogP contribution in [0, 0.1) is 0 Å². The predicted molar refractivity (Wildman–Crippen MR) is 342 cm³/mol. The molecule has 0 radical (unpaired) electrons. The minimum Gasteiger partial charge on any atom is -0.310 e. The molecule has 388 valence electrons. The second kappa shape index (κ2) is 15.6. The summed E-state index contributed by atoms with van der Waals surface area (Å²) in [4.78, 5) is 0. The molecular weight excluding hydrogens is 964 g/mol. The summed E-state index contributed by atoms with van der Waals surface area (Å²) in [5, 5.41) is 6.59. The van der Waals surface area contributed by atoms with E-state index in [1.807, 2.05) is 0 Å². The summed E-state index contributed by atoms with van der Waals surface area (Å²) < 4.78 is 5.55. The Balaban J connectivity index is 1.16. The van der Waals surface area contributed by atoms with E-state index in [4.69, 9.17) is 0 Å². The van der Waals surface area contributed by atoms with Crippen molar-refractivity contribution in [1.82, 2.24) is 9.13 Å². The van der Waals surface area contributed by atoms with Crippen LogP contribution in [0.25, 0.3) is 99.5 Å². The van der Waals surface area contributed by atoms with E-state index in [1.165, 1.54) is 160 Å². The molecule has 4 aliphatic rings. The Kier molecular flexibility index (Phi) is 9.33. The van der Waals surface area contributed by atoms with Crippen LogP contribution in [0.4, 0.5) is 0 Å². The third-order valence-electron chi connectivity index (χ3n) is 19.3. The van der Waals surface area contributed by atoms with Gasteiger partial charge in [0, 0.05) is 38.6 Å². The highest BCUT2D eigenvalue weighted by Crippen LogP contribution is 2.62. The van der Waals surface area contributed by atoms with Crippen LogP contribution in [0.3, 0.4) is 0 Å². The fourth-order valence-electron chi connectivity index (χ4n) is 15.4. The third kappa shape index (κ3) is 6.11. The number of aromatic nitrogens is 2. The molecule has 16 rings (SSSR count). The fraction of sp³-hybridized carbons (Fsp3) is 0.221. The molecule has 10 aromatic carbocycles. The van der Waals surface area contributed by atoms with E-state index >= 15 is 0 Å². The van der Waals surface area contributed by atoms with Gasteiger partial charge in [-0.2, -0.15) is 0 Å². The van der Waals surface area contributed by atoms with Crippen LogP contribution in [-0.4, -0.2) is 15.8 Å². The zero-order valence-corrected chi connectivity index (χ0v) is 48.4. The first kappa shape index (κ1) is 47.8. The fourth-order valence-corrected chi connectivity index (χ4v) is 15.4. The van der Waals surface area contributed by atoms with Gasteiger partial charge in [0.25, 0.3) is 6.71 Å². The quantitative estimate of drug-likeness (QED) is 0.156. The largest absolute Gasteiger partial charge is 0.310 e. The maximum Gasteiger partial charge on any atom is 0.253 e. The molecule has 0 saturated carbocycles. The first-order valence-electron chi connectivity index (χ1n) is 29.2. The molecule has 2 nitrogen and oxygen atoms in total. The molecule has 0 unspecified atom stereocenters. The van der Waals surface area contributed by atoms with Crippen molar-refractivity contribution in [1.29, 1.82) is 0 Å². The van der Waals surface area contributed by atoms with Gasteiger partial charge >= 0.3 is 0 Å². The molecule has 5 heterocycles. The Morgan fingerprint density at radius 3 is 1.60 bits per heavy atom. The topological polar surface area (TPSA) is 9.86 Å². The van der Waals surface area contributed by atoms with Gasteiger partial charge in [-0.15, -0.1) is 0 Å². The predicted octanol–water partition coefficient (Wildman–Crippen LogP) is 17.9. The maximum absolute atomic E-state index is 2.79. The zero-order valence-electron chi connectivity index (χ0n) is 48.4. The van der Waals surface area contributed by atoms with E-state index in [1.54, 1.807) is 0 Å². The minimum absolute atomic E-state index is 0.00629. The van der Waals surface area contributed by atoms with Crippen LogP contribution in [0.5, 0.6) is 0 Å². The van der Waals surface area contributed by atoms with Crippen LogP contribution < -0.4 is 16.4 Å². The molecule has 0 bridgehead atoms. The van der Waals surface area contributed by atoms with Crippen LogP contribution in [0.15, 0.2) is 188 Å². The highest BCUT2D eigenvalue weighted by atomic mass is 15.1. The SMILES string of the molecule is CC(C)(C)c1ccc(-c2c(-c3ccc(C(C)(C)C)cc3-c3ccccc3)c3cc4ccccc4c4c3n2-c2ccc3c5c2B4c2cc(C(C)(C)C)cc4c6cc(C(C)(C)C)cc(c6n-5c24)C32c3ccccc3-c3ccccc32)cc1. The van der Waals surface area contributed by atoms with Crippen molar-refractivity contribution in [2.24, 2.45) is 0 Å². The lowest BCUT2D eigenvalue weighted by atomic mass is 9.33. The summed E-state index contributed by atoms with van der Waals surface area (Å²) in [5.41, 5.74) is 31.0. The van der Waals surface area contributed by atoms with Gasteiger partial charge < -0.3 is 9.13 Å². The van der Waals surface area contributed by atoms with Crippen molar-refractivity contribution in [2.75, 3.05) is 0 Å². The van der Waals surface area contributed by atoms with Crippen molar-refractivity contribution in [3.63, 3.8) is 0 Å². The van der Waals surface area contributed by atoms with E-state index in [2.05, 4.69) is 280 Å². The van der Waals surface area contributed by atoms with Crippen molar-refractivity contribution >= 4 is 66.6 Å². The van der Waals surface area contributed by atoms with Crippen LogP contribution >= 0.6 is 0 Å². The average molecular weight is 1030 g/mol. The first-order valence-corrected chi connectivity index (χ1v) is 29.2. The number of rotatable bonds is 3. The zero-order chi connectivity index (χ0) is 54.9. The van der Waals surface area contributed by atoms with Crippen LogP contribution in [0.2, 0.25) is 0 Å². The van der Waals surface area contributed by atoms with E-state index in [0.717, 1.165) is 0 Å². The summed E-state index contributed by atoms with van der Waals surface area (Å²) in [6.45, 7) is 28.4. The highest BCUT2D eigenvalue weighted by molar-refractivity contribution is 7.01. The monoisotopic (exact) mass is 1030 g/mol. The molecule has 12 aromatic rings. The van der Waals surface area contributed by atoms with Crippen LogP contribution in [0.1, 0.15) is 128 Å². The molecule has 0 atom stereocenters. The first-order chi connectivity index (χ1) is 38.2. The maximum atomic E-state index is 2.79. The molecule has 80 heavy (non-hydrogen) atoms. The molecule has 0 N–H and O–H groups in total. The normalized spacial score (nSPS) is 14.6. The number of benzene rings is 10. The van der Waals surface area contributed by atoms with Gasteiger partial charge in [-0.1, -0.05) is 241 Å². The van der Waals surface area contributed by atoms with E-state index in [-0.39, 0.29) is 28.4 Å². The molecule has 0 fully saturated rings. The summed E-state index contributed by atoms with van der Waals surface area (Å²) in [6, 6.07) is 74.4. The Bertz CT molecular complexity index is 4670. The lowest BCUT2D eigenvalue weighted by Gasteiger charge is -2.44. The van der Waals surface area contributed by atoms with Gasteiger partial charge in [0.05, 0.1) is 22.1 Å². The van der Waals surface area contributed by atoms with E-state index in [9.17, 15) is 0 Å². The molecular formula is C77H67BN2. The van der Waals surface area contributed by atoms with Gasteiger partial charge in [0.15, 0.2) is 0 Å². The van der Waals surface area contributed by atoms with Crippen molar-refractivity contribution in [3.05, 3.63) is 233 Å².